The molecule has 2 aromatic carbocycles. The zero-order chi connectivity index (χ0) is 17.0. The van der Waals surface area contributed by atoms with Gasteiger partial charge in [0.25, 0.3) is 0 Å². The second kappa shape index (κ2) is 6.57. The Kier molecular flexibility index (Phi) is 4.74. The van der Waals surface area contributed by atoms with Gasteiger partial charge >= 0.3 is 5.97 Å². The molecule has 0 atom stereocenters. The van der Waals surface area contributed by atoms with E-state index in [1.54, 1.807) is 55.5 Å². The molecule has 2 N–H and O–H groups in total. The summed E-state index contributed by atoms with van der Waals surface area (Å²) in [6.45, 7) is 7.24. The molecular weight excluding hydrogens is 292 g/mol. The lowest BCUT2D eigenvalue weighted by Gasteiger charge is -2.30. The number of aromatic hydroxyl groups is 2. The maximum absolute atomic E-state index is 11.8. The molecule has 0 radical (unpaired) electrons. The van der Waals surface area contributed by atoms with Gasteiger partial charge in [0.2, 0.25) is 0 Å². The Morgan fingerprint density at radius 3 is 1.74 bits per heavy atom. The highest BCUT2D eigenvalue weighted by Gasteiger charge is 2.31. The number of hydrogen-bond donors (Lipinski definition) is 2. The summed E-state index contributed by atoms with van der Waals surface area (Å²) in [5.74, 6) is -0.116. The van der Waals surface area contributed by atoms with Gasteiger partial charge in [0.05, 0.1) is 5.41 Å². The number of phenols is 2. The Balaban J connectivity index is 2.41. The monoisotopic (exact) mass is 312 g/mol. The first-order chi connectivity index (χ1) is 10.8. The molecule has 120 valence electrons. The summed E-state index contributed by atoms with van der Waals surface area (Å²) in [4.78, 5) is 11.8. The SMILES string of the molecule is C=C(C)C(=O)OCC(C)(c1ccc(O)cc1)c1ccc(O)cc1. The van der Waals surface area contributed by atoms with Crippen LogP contribution in [0.25, 0.3) is 0 Å². The fraction of sp³-hybridized carbons (Fsp3) is 0.211. The highest BCUT2D eigenvalue weighted by molar-refractivity contribution is 5.87. The number of hydrogen-bond acceptors (Lipinski definition) is 4. The van der Waals surface area contributed by atoms with Gasteiger partial charge in [-0.3, -0.25) is 0 Å². The highest BCUT2D eigenvalue weighted by Crippen LogP contribution is 2.34. The van der Waals surface area contributed by atoms with Crippen LogP contribution >= 0.6 is 0 Å². The molecule has 0 aliphatic rings. The third kappa shape index (κ3) is 3.72. The standard InChI is InChI=1S/C19H20O4/c1-13(2)18(22)23-12-19(3,14-4-8-16(20)9-5-14)15-6-10-17(21)11-7-15/h4-11,20-21H,1,12H2,2-3H3. The number of phenolic OH excluding ortho intramolecular Hbond substituents is 2. The topological polar surface area (TPSA) is 66.8 Å². The van der Waals surface area contributed by atoms with E-state index in [0.29, 0.717) is 5.57 Å². The summed E-state index contributed by atoms with van der Waals surface area (Å²) < 4.78 is 5.37. The number of ether oxygens (including phenoxy) is 1. The van der Waals surface area contributed by atoms with Crippen LogP contribution in [0.3, 0.4) is 0 Å². The predicted octanol–water partition coefficient (Wildman–Crippen LogP) is 3.52. The molecule has 2 aromatic rings. The summed E-state index contributed by atoms with van der Waals surface area (Å²) in [5.41, 5.74) is 1.49. The van der Waals surface area contributed by atoms with Crippen molar-refractivity contribution < 1.29 is 19.7 Å². The second-order valence-electron chi connectivity index (χ2n) is 5.78. The van der Waals surface area contributed by atoms with Crippen molar-refractivity contribution in [1.82, 2.24) is 0 Å². The van der Waals surface area contributed by atoms with Crippen LogP contribution < -0.4 is 0 Å². The lowest BCUT2D eigenvalue weighted by molar-refractivity contribution is -0.140. The van der Waals surface area contributed by atoms with Crippen LogP contribution in [0.4, 0.5) is 0 Å². The summed E-state index contributed by atoms with van der Waals surface area (Å²) >= 11 is 0. The molecule has 23 heavy (non-hydrogen) atoms. The Morgan fingerprint density at radius 2 is 1.39 bits per heavy atom. The Hall–Kier alpha value is -2.75. The molecule has 0 unspecified atom stereocenters. The maximum atomic E-state index is 11.8. The van der Waals surface area contributed by atoms with Crippen molar-refractivity contribution in [1.29, 1.82) is 0 Å². The van der Waals surface area contributed by atoms with Crippen molar-refractivity contribution in [2.75, 3.05) is 6.61 Å². The Bertz CT molecular complexity index is 654. The van der Waals surface area contributed by atoms with Crippen LogP contribution in [0.1, 0.15) is 25.0 Å². The normalized spacial score (nSPS) is 11.0. The Labute approximate surface area is 135 Å². The minimum absolute atomic E-state index is 0.119. The molecule has 2 rings (SSSR count). The molecule has 0 spiro atoms. The summed E-state index contributed by atoms with van der Waals surface area (Å²) in [5, 5.41) is 19.0. The van der Waals surface area contributed by atoms with E-state index < -0.39 is 11.4 Å². The van der Waals surface area contributed by atoms with Gasteiger partial charge in [0.1, 0.15) is 18.1 Å². The molecule has 0 fully saturated rings. The van der Waals surface area contributed by atoms with E-state index in [9.17, 15) is 15.0 Å². The molecule has 4 heteroatoms. The lowest BCUT2D eigenvalue weighted by Crippen LogP contribution is -2.31. The van der Waals surface area contributed by atoms with Gasteiger partial charge < -0.3 is 14.9 Å². The zero-order valence-electron chi connectivity index (χ0n) is 13.2. The van der Waals surface area contributed by atoms with E-state index in [4.69, 9.17) is 4.74 Å². The zero-order valence-corrected chi connectivity index (χ0v) is 13.2. The molecule has 0 saturated carbocycles. The van der Waals surface area contributed by atoms with Crippen LogP contribution in [0.2, 0.25) is 0 Å². The average molecular weight is 312 g/mol. The van der Waals surface area contributed by atoms with Crippen molar-refractivity contribution in [3.8, 4) is 11.5 Å². The number of carbonyl (C=O) groups excluding carboxylic acids is 1. The van der Waals surface area contributed by atoms with Gasteiger partial charge in [-0.2, -0.15) is 0 Å². The lowest BCUT2D eigenvalue weighted by atomic mass is 9.77. The van der Waals surface area contributed by atoms with Gasteiger partial charge in [-0.05, 0) is 49.2 Å². The minimum Gasteiger partial charge on any atom is -0.508 e. The summed E-state index contributed by atoms with van der Waals surface area (Å²) in [6.07, 6.45) is 0. The number of carbonyl (C=O) groups is 1. The van der Waals surface area contributed by atoms with Crippen LogP contribution in [-0.2, 0) is 14.9 Å². The average Bonchev–Trinajstić information content (AvgIpc) is 2.53. The molecule has 4 nitrogen and oxygen atoms in total. The van der Waals surface area contributed by atoms with E-state index in [2.05, 4.69) is 6.58 Å². The minimum atomic E-state index is -0.619. The summed E-state index contributed by atoms with van der Waals surface area (Å²) in [7, 11) is 0. The first-order valence-corrected chi connectivity index (χ1v) is 7.24. The smallest absolute Gasteiger partial charge is 0.333 e. The molecule has 0 aliphatic carbocycles. The Morgan fingerprint density at radius 1 is 1.00 bits per heavy atom. The van der Waals surface area contributed by atoms with Gasteiger partial charge in [0, 0.05) is 5.57 Å². The van der Waals surface area contributed by atoms with E-state index in [1.807, 2.05) is 6.92 Å². The van der Waals surface area contributed by atoms with Crippen molar-refractivity contribution >= 4 is 5.97 Å². The number of benzene rings is 2. The third-order valence-corrected chi connectivity index (χ3v) is 3.85. The highest BCUT2D eigenvalue weighted by atomic mass is 16.5. The third-order valence-electron chi connectivity index (χ3n) is 3.85. The molecule has 0 amide bonds. The van der Waals surface area contributed by atoms with E-state index in [1.165, 1.54) is 0 Å². The molecular formula is C19H20O4. The fourth-order valence-electron chi connectivity index (χ4n) is 2.32. The van der Waals surface area contributed by atoms with Gasteiger partial charge in [-0.15, -0.1) is 0 Å². The maximum Gasteiger partial charge on any atom is 0.333 e. The number of esters is 1. The van der Waals surface area contributed by atoms with Crippen LogP contribution in [0, 0.1) is 0 Å². The first kappa shape index (κ1) is 16.6. The first-order valence-electron chi connectivity index (χ1n) is 7.24. The number of rotatable bonds is 5. The van der Waals surface area contributed by atoms with E-state index in [0.717, 1.165) is 11.1 Å². The van der Waals surface area contributed by atoms with Gasteiger partial charge in [-0.25, -0.2) is 4.79 Å². The molecule has 0 aliphatic heterocycles. The van der Waals surface area contributed by atoms with Crippen LogP contribution in [-0.4, -0.2) is 22.8 Å². The van der Waals surface area contributed by atoms with Crippen molar-refractivity contribution in [2.24, 2.45) is 0 Å². The fourth-order valence-corrected chi connectivity index (χ4v) is 2.32. The van der Waals surface area contributed by atoms with Crippen LogP contribution in [0.15, 0.2) is 60.7 Å². The van der Waals surface area contributed by atoms with Gasteiger partial charge in [0.15, 0.2) is 0 Å². The van der Waals surface area contributed by atoms with Gasteiger partial charge in [-0.1, -0.05) is 30.8 Å². The van der Waals surface area contributed by atoms with E-state index >= 15 is 0 Å². The predicted molar refractivity (Wildman–Crippen MR) is 88.4 cm³/mol. The molecule has 0 aromatic heterocycles. The van der Waals surface area contributed by atoms with Crippen molar-refractivity contribution in [3.05, 3.63) is 71.8 Å². The van der Waals surface area contributed by atoms with Crippen LogP contribution in [0.5, 0.6) is 11.5 Å². The molecule has 0 heterocycles. The molecule has 0 bridgehead atoms. The van der Waals surface area contributed by atoms with Crippen molar-refractivity contribution in [3.63, 3.8) is 0 Å². The second-order valence-corrected chi connectivity index (χ2v) is 5.78. The molecule has 0 saturated heterocycles. The quantitative estimate of drug-likeness (QED) is 0.655. The summed E-state index contributed by atoms with van der Waals surface area (Å²) in [6, 6.07) is 13.5. The largest absolute Gasteiger partial charge is 0.508 e. The van der Waals surface area contributed by atoms with E-state index in [-0.39, 0.29) is 18.1 Å². The van der Waals surface area contributed by atoms with Crippen molar-refractivity contribution in [2.45, 2.75) is 19.3 Å².